The van der Waals surface area contributed by atoms with Gasteiger partial charge < -0.3 is 14.1 Å². The van der Waals surface area contributed by atoms with E-state index < -0.39 is 27.3 Å². The molecule has 0 unspecified atom stereocenters. The Morgan fingerprint density at radius 1 is 1.28 bits per heavy atom. The topological polar surface area (TPSA) is 55.8 Å². The number of hydrogen-bond donors (Lipinski definition) is 0. The van der Waals surface area contributed by atoms with Crippen LogP contribution in [0.5, 0.6) is 0 Å². The molecule has 0 saturated carbocycles. The number of fused-ring (bicyclic) bond motifs is 1. The highest BCUT2D eigenvalue weighted by molar-refractivity contribution is 9.10. The Bertz CT molecular complexity index is 683. The first-order valence-corrected chi connectivity index (χ1v) is 15.1. The molecule has 0 aromatic rings. The Hall–Kier alpha value is 0.817. The molecule has 0 aliphatic carbocycles. The van der Waals surface area contributed by atoms with E-state index in [0.717, 1.165) is 0 Å². The van der Waals surface area contributed by atoms with Crippen molar-refractivity contribution in [1.29, 1.82) is 0 Å². The van der Waals surface area contributed by atoms with Crippen LogP contribution in [0.1, 0.15) is 41.0 Å². The van der Waals surface area contributed by atoms with E-state index in [-0.39, 0.29) is 28.8 Å². The zero-order chi connectivity index (χ0) is 22.6. The first kappa shape index (κ1) is 26.1. The van der Waals surface area contributed by atoms with Crippen molar-refractivity contribution in [1.82, 2.24) is 4.90 Å². The van der Waals surface area contributed by atoms with Gasteiger partial charge in [0.1, 0.15) is 6.61 Å². The van der Waals surface area contributed by atoms with Crippen LogP contribution in [0.25, 0.3) is 0 Å². The Kier molecular flexibility index (Phi) is 7.47. The number of hydrogen-bond acceptors (Lipinski definition) is 5. The average molecular weight is 570 g/mol. The predicted molar refractivity (Wildman–Crippen MR) is 126 cm³/mol. The highest BCUT2D eigenvalue weighted by Crippen LogP contribution is 2.62. The van der Waals surface area contributed by atoms with Gasteiger partial charge in [-0.05, 0) is 54.3 Å². The molecule has 1 amide bonds. The van der Waals surface area contributed by atoms with E-state index in [0.29, 0.717) is 13.0 Å². The minimum Gasteiger partial charge on any atom is -0.459 e. The van der Waals surface area contributed by atoms with Crippen molar-refractivity contribution in [3.63, 3.8) is 0 Å². The fourth-order valence-corrected chi connectivity index (χ4v) is 7.04. The third kappa shape index (κ3) is 4.93. The van der Waals surface area contributed by atoms with Crippen LogP contribution in [0, 0.1) is 5.92 Å². The number of rotatable bonds is 6. The van der Waals surface area contributed by atoms with E-state index >= 15 is 0 Å². The van der Waals surface area contributed by atoms with E-state index in [1.54, 1.807) is 16.7 Å². The van der Waals surface area contributed by atoms with Gasteiger partial charge in [0.15, 0.2) is 8.32 Å². The third-order valence-corrected chi connectivity index (χ3v) is 14.5. The Morgan fingerprint density at radius 2 is 1.83 bits per heavy atom. The van der Waals surface area contributed by atoms with Crippen LogP contribution in [0.15, 0.2) is 0 Å². The second kappa shape index (κ2) is 8.30. The van der Waals surface area contributed by atoms with Crippen LogP contribution in [0.2, 0.25) is 18.1 Å². The van der Waals surface area contributed by atoms with Crippen molar-refractivity contribution in [3.05, 3.63) is 0 Å². The minimum atomic E-state index is -1.87. The van der Waals surface area contributed by atoms with Gasteiger partial charge in [0.2, 0.25) is 14.1 Å². The molecule has 0 spiro atoms. The highest BCUT2D eigenvalue weighted by Gasteiger charge is 2.72. The van der Waals surface area contributed by atoms with Crippen LogP contribution in [-0.4, -0.2) is 56.7 Å². The van der Waals surface area contributed by atoms with Crippen LogP contribution >= 0.6 is 62.5 Å². The second-order valence-corrected chi connectivity index (χ2v) is 19.8. The number of nitrogens with zero attached hydrogens (tertiary/aromatic N) is 1. The predicted octanol–water partition coefficient (Wildman–Crippen LogP) is 5.71. The van der Waals surface area contributed by atoms with Gasteiger partial charge in [-0.25, -0.2) is 4.79 Å². The summed E-state index contributed by atoms with van der Waals surface area (Å²) < 4.78 is 7.82. The zero-order valence-electron chi connectivity index (χ0n) is 17.8. The number of carbonyl (C=O) groups excluding carboxylic acids is 2. The maximum Gasteiger partial charge on any atom is 0.345 e. The lowest BCUT2D eigenvalue weighted by Crippen LogP contribution is -2.68. The molecule has 2 aliphatic rings. The van der Waals surface area contributed by atoms with Gasteiger partial charge in [0.05, 0.1) is 16.0 Å². The maximum atomic E-state index is 13.0. The average Bonchev–Trinajstić information content (AvgIpc) is 2.72. The molecular formula is C18H29BrCl3NO4SSi. The standard InChI is InChI=1S/C18H29BrCl3NO4SSi/c1-15(2,3)29(6,7)27-9-8-11-12(24)23-13(11)28-16(4,5)18(23,19)14(25)26-10-17(20,21)22/h11,13H,8-10H2,1-7H3/t11-,13-,18+/m1/s1. The molecule has 168 valence electrons. The van der Waals surface area contributed by atoms with Crippen molar-refractivity contribution in [2.45, 2.75) is 77.5 Å². The summed E-state index contributed by atoms with van der Waals surface area (Å²) in [5.41, 5.74) is 0. The quantitative estimate of drug-likeness (QED) is 0.135. The summed E-state index contributed by atoms with van der Waals surface area (Å²) >= 11 is 22.2. The Labute approximate surface area is 202 Å². The van der Waals surface area contributed by atoms with Crippen molar-refractivity contribution < 1.29 is 18.8 Å². The van der Waals surface area contributed by atoms with Crippen molar-refractivity contribution in [2.75, 3.05) is 13.2 Å². The number of ether oxygens (including phenoxy) is 1. The van der Waals surface area contributed by atoms with Crippen LogP contribution in [0.4, 0.5) is 0 Å². The molecule has 0 aromatic heterocycles. The van der Waals surface area contributed by atoms with Crippen molar-refractivity contribution in [3.8, 4) is 0 Å². The van der Waals surface area contributed by atoms with Gasteiger partial charge in [-0.15, -0.1) is 11.8 Å². The fourth-order valence-electron chi connectivity index (χ4n) is 3.17. The van der Waals surface area contributed by atoms with Gasteiger partial charge in [-0.2, -0.15) is 0 Å². The molecule has 5 nitrogen and oxygen atoms in total. The van der Waals surface area contributed by atoms with Crippen LogP contribution in [0.3, 0.4) is 0 Å². The van der Waals surface area contributed by atoms with Crippen molar-refractivity contribution in [2.24, 2.45) is 5.92 Å². The lowest BCUT2D eigenvalue weighted by molar-refractivity contribution is -0.169. The van der Waals surface area contributed by atoms with Crippen LogP contribution in [-0.2, 0) is 18.8 Å². The minimum absolute atomic E-state index is 0.0883. The van der Waals surface area contributed by atoms with Crippen LogP contribution < -0.4 is 0 Å². The number of carbonyl (C=O) groups is 2. The number of amides is 1. The number of thioether (sulfide) groups is 1. The third-order valence-electron chi connectivity index (χ3n) is 6.03. The second-order valence-electron chi connectivity index (χ2n) is 9.54. The largest absolute Gasteiger partial charge is 0.459 e. The van der Waals surface area contributed by atoms with Gasteiger partial charge in [0, 0.05) is 6.61 Å². The molecule has 0 radical (unpaired) electrons. The first-order chi connectivity index (χ1) is 12.9. The molecule has 2 rings (SSSR count). The lowest BCUT2D eigenvalue weighted by Gasteiger charge is -2.48. The molecule has 0 N–H and O–H groups in total. The number of alkyl halides is 4. The van der Waals surface area contributed by atoms with E-state index in [4.69, 9.17) is 44.0 Å². The SMILES string of the molecule is CC1(C)S[C@@H]2[C@H](CCO[Si](C)(C)C(C)(C)C)C(=O)N2[C@@]1(Br)C(=O)OCC(Cl)(Cl)Cl. The molecule has 2 saturated heterocycles. The molecule has 2 aliphatic heterocycles. The summed E-state index contributed by atoms with van der Waals surface area (Å²) in [5.74, 6) is -0.910. The molecule has 3 atom stereocenters. The molecule has 2 fully saturated rings. The van der Waals surface area contributed by atoms with Gasteiger partial charge >= 0.3 is 5.97 Å². The molecule has 0 aromatic carbocycles. The van der Waals surface area contributed by atoms with Gasteiger partial charge in [-0.1, -0.05) is 55.6 Å². The van der Waals surface area contributed by atoms with Gasteiger partial charge in [-0.3, -0.25) is 4.79 Å². The molecule has 0 bridgehead atoms. The van der Waals surface area contributed by atoms with Gasteiger partial charge in [0.25, 0.3) is 0 Å². The van der Waals surface area contributed by atoms with Crippen molar-refractivity contribution >= 4 is 82.7 Å². The summed E-state index contributed by atoms with van der Waals surface area (Å²) in [6.45, 7) is 14.9. The summed E-state index contributed by atoms with van der Waals surface area (Å²) in [4.78, 5) is 27.4. The molecular weight excluding hydrogens is 541 g/mol. The van der Waals surface area contributed by atoms with E-state index in [1.807, 2.05) is 13.8 Å². The first-order valence-electron chi connectivity index (χ1n) is 9.43. The fraction of sp³-hybridized carbons (Fsp3) is 0.889. The summed E-state index contributed by atoms with van der Waals surface area (Å²) in [5, 5.41) is -0.00972. The maximum absolute atomic E-state index is 13.0. The summed E-state index contributed by atoms with van der Waals surface area (Å²) in [6, 6.07) is 0. The van der Waals surface area contributed by atoms with E-state index in [1.165, 1.54) is 0 Å². The smallest absolute Gasteiger partial charge is 0.345 e. The lowest BCUT2D eigenvalue weighted by atomic mass is 9.89. The number of halogens is 4. The zero-order valence-corrected chi connectivity index (χ0v) is 23.4. The Balaban J connectivity index is 2.07. The molecule has 11 heteroatoms. The number of esters is 1. The van der Waals surface area contributed by atoms with E-state index in [2.05, 4.69) is 49.8 Å². The number of β-lactam (4-membered cyclic amide) rings is 1. The monoisotopic (exact) mass is 567 g/mol. The normalized spacial score (nSPS) is 29.5. The molecule has 2 heterocycles. The molecule has 29 heavy (non-hydrogen) atoms. The highest BCUT2D eigenvalue weighted by atomic mass is 79.9. The summed E-state index contributed by atoms with van der Waals surface area (Å²) in [7, 11) is -1.87. The Morgan fingerprint density at radius 3 is 2.31 bits per heavy atom. The van der Waals surface area contributed by atoms with E-state index in [9.17, 15) is 9.59 Å². The summed E-state index contributed by atoms with van der Waals surface area (Å²) in [6.07, 6.45) is 0.627.